The maximum Gasteiger partial charge on any atom is 0.328 e. The second kappa shape index (κ2) is 7.04. The lowest BCUT2D eigenvalue weighted by Crippen LogP contribution is -2.31. The third kappa shape index (κ3) is 4.72. The molecule has 5 heteroatoms. The lowest BCUT2D eigenvalue weighted by atomic mass is 9.86. The number of rotatable bonds is 4. The minimum absolute atomic E-state index is 0.0728. The molecular weight excluding hydrogens is 270 g/mol. The number of nitrogens with two attached hydrogens (primary N) is 1. The molecule has 0 spiro atoms. The normalized spacial score (nSPS) is 22.1. The van der Waals surface area contributed by atoms with Crippen LogP contribution in [0.2, 0.25) is 0 Å². The van der Waals surface area contributed by atoms with E-state index in [1.165, 1.54) is 6.08 Å². The Morgan fingerprint density at radius 1 is 1.14 bits per heavy atom. The number of benzene rings is 1. The fourth-order valence-electron chi connectivity index (χ4n) is 2.37. The van der Waals surface area contributed by atoms with Crippen LogP contribution in [0.5, 0.6) is 5.75 Å². The van der Waals surface area contributed by atoms with Gasteiger partial charge in [-0.2, -0.15) is 0 Å². The Labute approximate surface area is 123 Å². The number of carboxylic acid groups (broad SMARTS) is 1. The van der Waals surface area contributed by atoms with Crippen molar-refractivity contribution in [3.05, 3.63) is 35.9 Å². The molecule has 0 unspecified atom stereocenters. The Morgan fingerprint density at radius 3 is 2.33 bits per heavy atom. The summed E-state index contributed by atoms with van der Waals surface area (Å²) in [5, 5.41) is 8.55. The average Bonchev–Trinajstić information content (AvgIpc) is 2.47. The Morgan fingerprint density at radius 2 is 1.76 bits per heavy atom. The molecule has 1 aliphatic rings. The lowest BCUT2D eigenvalue weighted by Gasteiger charge is -2.24. The van der Waals surface area contributed by atoms with E-state index in [0.29, 0.717) is 5.75 Å². The highest BCUT2D eigenvalue weighted by Crippen LogP contribution is 2.25. The van der Waals surface area contributed by atoms with Crippen molar-refractivity contribution in [2.75, 3.05) is 0 Å². The predicted octanol–water partition coefficient (Wildman–Crippen LogP) is 2.21. The van der Waals surface area contributed by atoms with E-state index in [0.717, 1.165) is 37.3 Å². The number of carbonyl (C=O) groups is 2. The van der Waals surface area contributed by atoms with E-state index in [-0.39, 0.29) is 17.9 Å². The van der Waals surface area contributed by atoms with Gasteiger partial charge in [0.25, 0.3) is 0 Å². The highest BCUT2D eigenvalue weighted by Gasteiger charge is 2.26. The van der Waals surface area contributed by atoms with Gasteiger partial charge in [-0.3, -0.25) is 4.79 Å². The predicted molar refractivity (Wildman–Crippen MR) is 78.7 cm³/mol. The molecule has 0 saturated heterocycles. The first kappa shape index (κ1) is 15.3. The Kier molecular flexibility index (Phi) is 5.11. The molecule has 2 rings (SSSR count). The monoisotopic (exact) mass is 289 g/mol. The van der Waals surface area contributed by atoms with Crippen LogP contribution in [-0.4, -0.2) is 23.1 Å². The summed E-state index contributed by atoms with van der Waals surface area (Å²) in [6.45, 7) is 0. The molecule has 1 aromatic rings. The summed E-state index contributed by atoms with van der Waals surface area (Å²) >= 11 is 0. The first-order valence-electron chi connectivity index (χ1n) is 7.03. The number of esters is 1. The van der Waals surface area contributed by atoms with Gasteiger partial charge in [-0.25, -0.2) is 4.79 Å². The van der Waals surface area contributed by atoms with Crippen molar-refractivity contribution in [3.8, 4) is 5.75 Å². The third-order valence-corrected chi connectivity index (χ3v) is 3.62. The smallest absolute Gasteiger partial charge is 0.328 e. The van der Waals surface area contributed by atoms with Crippen molar-refractivity contribution in [1.82, 2.24) is 0 Å². The average molecular weight is 289 g/mol. The fourth-order valence-corrected chi connectivity index (χ4v) is 2.37. The van der Waals surface area contributed by atoms with Gasteiger partial charge >= 0.3 is 11.9 Å². The van der Waals surface area contributed by atoms with Gasteiger partial charge in [0.2, 0.25) is 0 Å². The molecule has 21 heavy (non-hydrogen) atoms. The van der Waals surface area contributed by atoms with E-state index in [2.05, 4.69) is 0 Å². The van der Waals surface area contributed by atoms with Crippen LogP contribution in [0.4, 0.5) is 0 Å². The summed E-state index contributed by atoms with van der Waals surface area (Å²) in [5.74, 6) is -0.810. The highest BCUT2D eigenvalue weighted by atomic mass is 16.5. The number of carboxylic acids is 1. The highest BCUT2D eigenvalue weighted by molar-refractivity contribution is 5.85. The van der Waals surface area contributed by atoms with Crippen LogP contribution in [0, 0.1) is 5.92 Å². The molecule has 3 N–H and O–H groups in total. The van der Waals surface area contributed by atoms with Crippen LogP contribution in [-0.2, 0) is 9.59 Å². The number of hydrogen-bond donors (Lipinski definition) is 2. The summed E-state index contributed by atoms with van der Waals surface area (Å²) in [6, 6.07) is 6.94. The van der Waals surface area contributed by atoms with Crippen molar-refractivity contribution >= 4 is 18.0 Å². The second-order valence-corrected chi connectivity index (χ2v) is 5.27. The van der Waals surface area contributed by atoms with Gasteiger partial charge < -0.3 is 15.6 Å². The van der Waals surface area contributed by atoms with Crippen molar-refractivity contribution in [2.45, 2.75) is 31.7 Å². The number of hydrogen-bond acceptors (Lipinski definition) is 4. The summed E-state index contributed by atoms with van der Waals surface area (Å²) in [6.07, 6.45) is 5.82. The maximum absolute atomic E-state index is 12.0. The minimum atomic E-state index is -0.999. The summed E-state index contributed by atoms with van der Waals surface area (Å²) in [4.78, 5) is 22.4. The largest absolute Gasteiger partial charge is 0.478 e. The molecule has 0 bridgehead atoms. The first-order chi connectivity index (χ1) is 10.0. The molecule has 0 aliphatic heterocycles. The van der Waals surface area contributed by atoms with Crippen molar-refractivity contribution in [3.63, 3.8) is 0 Å². The van der Waals surface area contributed by atoms with Crippen molar-refractivity contribution < 1.29 is 19.4 Å². The quantitative estimate of drug-likeness (QED) is 0.504. The zero-order valence-corrected chi connectivity index (χ0v) is 11.7. The summed E-state index contributed by atoms with van der Waals surface area (Å²) in [7, 11) is 0. The van der Waals surface area contributed by atoms with Gasteiger partial charge in [0.05, 0.1) is 5.92 Å². The van der Waals surface area contributed by atoms with Gasteiger partial charge in [0.15, 0.2) is 0 Å². The SMILES string of the molecule is NC1CCC(C(=O)Oc2ccc(C=CC(=O)O)cc2)CC1. The van der Waals surface area contributed by atoms with E-state index < -0.39 is 5.97 Å². The van der Waals surface area contributed by atoms with E-state index in [1.54, 1.807) is 24.3 Å². The van der Waals surface area contributed by atoms with Crippen LogP contribution in [0.15, 0.2) is 30.3 Å². The van der Waals surface area contributed by atoms with Crippen LogP contribution in [0.1, 0.15) is 31.2 Å². The Hall–Kier alpha value is -2.14. The summed E-state index contributed by atoms with van der Waals surface area (Å²) < 4.78 is 5.35. The van der Waals surface area contributed by atoms with Crippen LogP contribution in [0.25, 0.3) is 6.08 Å². The van der Waals surface area contributed by atoms with E-state index >= 15 is 0 Å². The van der Waals surface area contributed by atoms with Crippen LogP contribution < -0.4 is 10.5 Å². The molecule has 0 atom stereocenters. The van der Waals surface area contributed by atoms with Gasteiger partial charge in [-0.05, 0) is 49.5 Å². The fraction of sp³-hybridized carbons (Fsp3) is 0.375. The molecule has 0 heterocycles. The molecule has 1 aromatic carbocycles. The number of aliphatic carboxylic acids is 1. The van der Waals surface area contributed by atoms with Crippen LogP contribution in [0.3, 0.4) is 0 Å². The molecule has 5 nitrogen and oxygen atoms in total. The zero-order valence-electron chi connectivity index (χ0n) is 11.7. The molecule has 0 aromatic heterocycles. The molecule has 1 aliphatic carbocycles. The third-order valence-electron chi connectivity index (χ3n) is 3.62. The molecule has 1 fully saturated rings. The van der Waals surface area contributed by atoms with E-state index in [9.17, 15) is 9.59 Å². The van der Waals surface area contributed by atoms with E-state index in [4.69, 9.17) is 15.6 Å². The Bertz CT molecular complexity index is 528. The second-order valence-electron chi connectivity index (χ2n) is 5.27. The van der Waals surface area contributed by atoms with Crippen molar-refractivity contribution in [2.24, 2.45) is 11.7 Å². The van der Waals surface area contributed by atoms with Gasteiger partial charge in [0.1, 0.15) is 5.75 Å². The number of ether oxygens (including phenoxy) is 1. The molecule has 0 radical (unpaired) electrons. The van der Waals surface area contributed by atoms with Crippen molar-refractivity contribution in [1.29, 1.82) is 0 Å². The van der Waals surface area contributed by atoms with Gasteiger partial charge in [-0.15, -0.1) is 0 Å². The van der Waals surface area contributed by atoms with E-state index in [1.807, 2.05) is 0 Å². The zero-order chi connectivity index (χ0) is 15.2. The minimum Gasteiger partial charge on any atom is -0.478 e. The summed E-state index contributed by atoms with van der Waals surface area (Å²) in [5.41, 5.74) is 6.55. The topological polar surface area (TPSA) is 89.6 Å². The van der Waals surface area contributed by atoms with Crippen LogP contribution >= 0.6 is 0 Å². The molecule has 0 amide bonds. The first-order valence-corrected chi connectivity index (χ1v) is 7.03. The lowest BCUT2D eigenvalue weighted by molar-refractivity contribution is -0.140. The number of carbonyl (C=O) groups excluding carboxylic acids is 1. The molecule has 1 saturated carbocycles. The molecular formula is C16H19NO4. The molecule has 112 valence electrons. The Balaban J connectivity index is 1.91. The maximum atomic E-state index is 12.0. The standard InChI is InChI=1S/C16H19NO4/c17-13-6-4-12(5-7-13)16(20)21-14-8-1-11(2-9-14)3-10-15(18)19/h1-3,8-10,12-13H,4-7,17H2,(H,18,19). The van der Waals surface area contributed by atoms with Gasteiger partial charge in [0, 0.05) is 12.1 Å². The van der Waals surface area contributed by atoms with Gasteiger partial charge in [-0.1, -0.05) is 12.1 Å².